The molecule has 0 fully saturated rings. The van der Waals surface area contributed by atoms with Crippen LogP contribution in [0.2, 0.25) is 0 Å². The maximum absolute atomic E-state index is 14.1. The van der Waals surface area contributed by atoms with Crippen molar-refractivity contribution in [2.45, 2.75) is 12.7 Å². The molecule has 9 heteroatoms. The van der Waals surface area contributed by atoms with Gasteiger partial charge in [0.2, 0.25) is 0 Å². The molecule has 0 spiro atoms. The van der Waals surface area contributed by atoms with E-state index in [4.69, 9.17) is 0 Å². The molecule has 152 valence electrons. The van der Waals surface area contributed by atoms with Gasteiger partial charge in [-0.15, -0.1) is 26.3 Å². The van der Waals surface area contributed by atoms with Crippen molar-refractivity contribution < 1.29 is 40.2 Å². The number of benzene rings is 3. The van der Waals surface area contributed by atoms with Crippen LogP contribution in [0.25, 0.3) is 22.3 Å². The first kappa shape index (κ1) is 20.5. The molecule has 0 bridgehead atoms. The van der Waals surface area contributed by atoms with Crippen LogP contribution in [0.5, 0.6) is 11.5 Å². The Labute approximate surface area is 160 Å². The lowest BCUT2D eigenvalue weighted by Gasteiger charge is -2.11. The molecule has 3 aromatic rings. The molecule has 0 N–H and O–H groups in total. The van der Waals surface area contributed by atoms with Crippen molar-refractivity contribution >= 4 is 0 Å². The van der Waals surface area contributed by atoms with Gasteiger partial charge in [0.05, 0.1) is 0 Å². The lowest BCUT2D eigenvalue weighted by molar-refractivity contribution is -0.275. The average molecular weight is 416 g/mol. The summed E-state index contributed by atoms with van der Waals surface area (Å²) in [5.74, 6) is -1.46. The van der Waals surface area contributed by atoms with Gasteiger partial charge in [0, 0.05) is 0 Å². The quantitative estimate of drug-likeness (QED) is 0.428. The Morgan fingerprint density at radius 3 is 1.14 bits per heavy atom. The Bertz CT molecular complexity index is 898. The van der Waals surface area contributed by atoms with E-state index < -0.39 is 30.0 Å². The third-order valence-electron chi connectivity index (χ3n) is 3.74. The normalized spacial score (nSPS) is 12.0. The molecule has 0 saturated heterocycles. The van der Waals surface area contributed by atoms with Crippen LogP contribution in [0, 0.1) is 5.82 Å². The molecule has 3 rings (SSSR count). The van der Waals surface area contributed by atoms with Gasteiger partial charge < -0.3 is 9.47 Å². The molecular weight excluding hydrogens is 405 g/mol. The number of hydrogen-bond acceptors (Lipinski definition) is 2. The zero-order chi connectivity index (χ0) is 21.2. The Hall–Kier alpha value is -3.23. The summed E-state index contributed by atoms with van der Waals surface area (Å²) in [4.78, 5) is 0. The highest BCUT2D eigenvalue weighted by molar-refractivity contribution is 5.73. The molecule has 2 nitrogen and oxygen atoms in total. The minimum absolute atomic E-state index is 0.370. The Balaban J connectivity index is 1.86. The fourth-order valence-corrected chi connectivity index (χ4v) is 2.62. The van der Waals surface area contributed by atoms with E-state index >= 15 is 0 Å². The first-order chi connectivity index (χ1) is 13.5. The van der Waals surface area contributed by atoms with Crippen LogP contribution in [-0.4, -0.2) is 12.7 Å². The highest BCUT2D eigenvalue weighted by Crippen LogP contribution is 2.32. The molecule has 0 atom stereocenters. The van der Waals surface area contributed by atoms with Gasteiger partial charge in [0.25, 0.3) is 0 Å². The van der Waals surface area contributed by atoms with Gasteiger partial charge in [-0.1, -0.05) is 24.3 Å². The van der Waals surface area contributed by atoms with Crippen LogP contribution in [0.4, 0.5) is 30.7 Å². The molecule has 0 radical (unpaired) electrons. The Morgan fingerprint density at radius 1 is 0.483 bits per heavy atom. The molecule has 0 saturated carbocycles. The molecule has 0 heterocycles. The topological polar surface area (TPSA) is 18.5 Å². The summed E-state index contributed by atoms with van der Waals surface area (Å²) < 4.78 is 95.0. The van der Waals surface area contributed by atoms with Crippen LogP contribution in [0.1, 0.15) is 0 Å². The Kier molecular flexibility index (Phi) is 5.41. The predicted octanol–water partition coefficient (Wildman–Crippen LogP) is 6.96. The van der Waals surface area contributed by atoms with E-state index in [9.17, 15) is 30.7 Å². The van der Waals surface area contributed by atoms with Gasteiger partial charge in [-0.3, -0.25) is 0 Å². The maximum atomic E-state index is 14.1. The SMILES string of the molecule is Fc1cc(-c2ccc(OC(F)(F)F)cc2)cc(-c2ccc(OC(F)(F)F)cc2)c1. The standard InChI is InChI=1S/C20H11F7O2/c21-16-10-14(12-1-5-17(6-2-12)28-19(22,23)24)9-15(11-16)13-3-7-18(8-4-13)29-20(25,26)27/h1-11H. The zero-order valence-electron chi connectivity index (χ0n) is 14.3. The van der Waals surface area contributed by atoms with Crippen molar-refractivity contribution in [3.63, 3.8) is 0 Å². The number of halogens is 7. The van der Waals surface area contributed by atoms with Crippen LogP contribution < -0.4 is 9.47 Å². The van der Waals surface area contributed by atoms with Gasteiger partial charge in [-0.05, 0) is 64.7 Å². The smallest absolute Gasteiger partial charge is 0.406 e. The van der Waals surface area contributed by atoms with Crippen molar-refractivity contribution in [2.75, 3.05) is 0 Å². The summed E-state index contributed by atoms with van der Waals surface area (Å²) in [5.41, 5.74) is 1.60. The summed E-state index contributed by atoms with van der Waals surface area (Å²) in [6, 6.07) is 13.6. The minimum atomic E-state index is -4.82. The highest BCUT2D eigenvalue weighted by atomic mass is 19.4. The van der Waals surface area contributed by atoms with Crippen molar-refractivity contribution in [3.05, 3.63) is 72.5 Å². The van der Waals surface area contributed by atoms with Crippen molar-refractivity contribution in [2.24, 2.45) is 0 Å². The first-order valence-electron chi connectivity index (χ1n) is 8.01. The first-order valence-corrected chi connectivity index (χ1v) is 8.01. The second kappa shape index (κ2) is 7.65. The second-order valence-electron chi connectivity index (χ2n) is 5.87. The van der Waals surface area contributed by atoms with E-state index in [2.05, 4.69) is 9.47 Å². The molecule has 0 unspecified atom stereocenters. The summed E-state index contributed by atoms with van der Waals surface area (Å²) in [7, 11) is 0. The minimum Gasteiger partial charge on any atom is -0.406 e. The average Bonchev–Trinajstić information content (AvgIpc) is 2.60. The fourth-order valence-electron chi connectivity index (χ4n) is 2.62. The number of hydrogen-bond donors (Lipinski definition) is 0. The summed E-state index contributed by atoms with van der Waals surface area (Å²) in [6.07, 6.45) is -9.65. The van der Waals surface area contributed by atoms with E-state index in [1.165, 1.54) is 36.4 Å². The van der Waals surface area contributed by atoms with Crippen LogP contribution in [0.3, 0.4) is 0 Å². The molecule has 0 aromatic heterocycles. The lowest BCUT2D eigenvalue weighted by Crippen LogP contribution is -2.16. The monoisotopic (exact) mass is 416 g/mol. The van der Waals surface area contributed by atoms with Crippen molar-refractivity contribution in [1.29, 1.82) is 0 Å². The second-order valence-corrected chi connectivity index (χ2v) is 5.87. The summed E-state index contributed by atoms with van der Waals surface area (Å²) in [6.45, 7) is 0. The van der Waals surface area contributed by atoms with E-state index in [0.717, 1.165) is 24.3 Å². The number of rotatable bonds is 4. The molecule has 0 aliphatic carbocycles. The van der Waals surface area contributed by atoms with Crippen molar-refractivity contribution in [3.8, 4) is 33.8 Å². The molecule has 0 amide bonds. The van der Waals surface area contributed by atoms with Gasteiger partial charge in [0.15, 0.2) is 0 Å². The lowest BCUT2D eigenvalue weighted by atomic mass is 9.98. The van der Waals surface area contributed by atoms with Gasteiger partial charge in [0.1, 0.15) is 17.3 Å². The molecule has 3 aromatic carbocycles. The predicted molar refractivity (Wildman–Crippen MR) is 90.6 cm³/mol. The third kappa shape index (κ3) is 5.87. The Morgan fingerprint density at radius 2 is 0.828 bits per heavy atom. The molecule has 0 aliphatic rings. The van der Waals surface area contributed by atoms with E-state index in [-0.39, 0.29) is 0 Å². The number of alkyl halides is 6. The molecular formula is C20H11F7O2. The summed E-state index contributed by atoms with van der Waals surface area (Å²) >= 11 is 0. The zero-order valence-corrected chi connectivity index (χ0v) is 14.3. The number of ether oxygens (including phenoxy) is 2. The van der Waals surface area contributed by atoms with E-state index in [1.807, 2.05) is 0 Å². The summed E-state index contributed by atoms with van der Waals surface area (Å²) in [5, 5.41) is 0. The molecule has 0 aliphatic heterocycles. The van der Waals surface area contributed by atoms with Crippen LogP contribution in [0.15, 0.2) is 66.7 Å². The van der Waals surface area contributed by atoms with Crippen LogP contribution in [-0.2, 0) is 0 Å². The fraction of sp³-hybridized carbons (Fsp3) is 0.100. The van der Waals surface area contributed by atoms with Crippen molar-refractivity contribution in [1.82, 2.24) is 0 Å². The van der Waals surface area contributed by atoms with Gasteiger partial charge >= 0.3 is 12.7 Å². The highest BCUT2D eigenvalue weighted by Gasteiger charge is 2.31. The maximum Gasteiger partial charge on any atom is 0.573 e. The molecule has 29 heavy (non-hydrogen) atoms. The van der Waals surface area contributed by atoms with E-state index in [1.54, 1.807) is 6.07 Å². The van der Waals surface area contributed by atoms with Gasteiger partial charge in [-0.25, -0.2) is 4.39 Å². The third-order valence-corrected chi connectivity index (χ3v) is 3.74. The van der Waals surface area contributed by atoms with Crippen LogP contribution >= 0.6 is 0 Å². The van der Waals surface area contributed by atoms with Gasteiger partial charge in [-0.2, -0.15) is 0 Å². The van der Waals surface area contributed by atoms with E-state index in [0.29, 0.717) is 22.3 Å². The largest absolute Gasteiger partial charge is 0.573 e.